The van der Waals surface area contributed by atoms with Gasteiger partial charge in [0, 0.05) is 41.0 Å². The molecule has 0 radical (unpaired) electrons. The molecule has 0 fully saturated rings. The molecule has 2 aromatic heterocycles. The Morgan fingerprint density at radius 1 is 1.09 bits per heavy atom. The van der Waals surface area contributed by atoms with Gasteiger partial charge in [0.25, 0.3) is 5.56 Å². The summed E-state index contributed by atoms with van der Waals surface area (Å²) in [6.07, 6.45) is 0.495. The van der Waals surface area contributed by atoms with Gasteiger partial charge in [0.15, 0.2) is 5.82 Å². The average Bonchev–Trinajstić information content (AvgIpc) is 3.22. The highest BCUT2D eigenvalue weighted by Crippen LogP contribution is 2.20. The highest BCUT2D eigenvalue weighted by molar-refractivity contribution is 6.30. The van der Waals surface area contributed by atoms with Crippen molar-refractivity contribution in [2.24, 2.45) is 7.05 Å². The van der Waals surface area contributed by atoms with Gasteiger partial charge in [-0.1, -0.05) is 23.7 Å². The maximum absolute atomic E-state index is 13.2. The number of rotatable bonds is 5. The highest BCUT2D eigenvalue weighted by Gasteiger charge is 2.18. The molecule has 0 saturated carbocycles. The largest absolute Gasteiger partial charge is 0.326 e. The Kier molecular flexibility index (Phi) is 5.84. The maximum Gasteiger partial charge on any atom is 0.279 e. The van der Waals surface area contributed by atoms with Crippen molar-refractivity contribution in [3.63, 3.8) is 0 Å². The average molecular weight is 450 g/mol. The minimum atomic E-state index is -0.261. The summed E-state index contributed by atoms with van der Waals surface area (Å²) in [5.74, 6) is 0.750. The van der Waals surface area contributed by atoms with E-state index in [9.17, 15) is 9.59 Å². The Morgan fingerprint density at radius 2 is 1.81 bits per heavy atom. The van der Waals surface area contributed by atoms with Crippen molar-refractivity contribution in [2.75, 3.05) is 5.32 Å². The number of fused-ring (bicyclic) bond motifs is 1. The van der Waals surface area contributed by atoms with Gasteiger partial charge < -0.3 is 9.88 Å². The highest BCUT2D eigenvalue weighted by atomic mass is 35.5. The first-order valence-corrected chi connectivity index (χ1v) is 10.7. The van der Waals surface area contributed by atoms with E-state index < -0.39 is 0 Å². The van der Waals surface area contributed by atoms with Crippen LogP contribution in [0, 0.1) is 20.8 Å². The van der Waals surface area contributed by atoms with Gasteiger partial charge in [-0.2, -0.15) is 9.50 Å². The van der Waals surface area contributed by atoms with Crippen molar-refractivity contribution in [1.82, 2.24) is 19.2 Å². The van der Waals surface area contributed by atoms with Crippen molar-refractivity contribution < 1.29 is 4.79 Å². The molecule has 7 nitrogen and oxygen atoms in total. The molecule has 32 heavy (non-hydrogen) atoms. The quantitative estimate of drug-likeness (QED) is 0.494. The summed E-state index contributed by atoms with van der Waals surface area (Å²) in [4.78, 5) is 30.3. The van der Waals surface area contributed by atoms with Crippen LogP contribution in [0.25, 0.3) is 17.2 Å². The number of halogens is 1. The van der Waals surface area contributed by atoms with Crippen molar-refractivity contribution >= 4 is 29.0 Å². The number of nitrogens with zero attached hydrogens (tertiary/aromatic N) is 4. The third kappa shape index (κ3) is 4.03. The summed E-state index contributed by atoms with van der Waals surface area (Å²) in [5.41, 5.74) is 4.75. The van der Waals surface area contributed by atoms with Crippen LogP contribution in [0.5, 0.6) is 0 Å². The van der Waals surface area contributed by atoms with Crippen molar-refractivity contribution in [3.8, 4) is 11.4 Å². The molecule has 0 saturated heterocycles. The van der Waals surface area contributed by atoms with Crippen LogP contribution in [0.1, 0.15) is 28.8 Å². The number of nitrogens with one attached hydrogen (secondary N) is 1. The lowest BCUT2D eigenvalue weighted by molar-refractivity contribution is -0.116. The lowest BCUT2D eigenvalue weighted by atomic mass is 10.1. The number of carbonyl (C=O) groups is 1. The molecule has 1 amide bonds. The molecule has 164 valence electrons. The molecule has 4 aromatic rings. The first-order valence-electron chi connectivity index (χ1n) is 10.3. The van der Waals surface area contributed by atoms with Crippen molar-refractivity contribution in [2.45, 2.75) is 33.6 Å². The molecule has 0 aliphatic carbocycles. The second-order valence-electron chi connectivity index (χ2n) is 7.88. The molecule has 2 aromatic carbocycles. The van der Waals surface area contributed by atoms with Gasteiger partial charge in [0.1, 0.15) is 0 Å². The number of aromatic nitrogens is 4. The van der Waals surface area contributed by atoms with Crippen LogP contribution in [-0.2, 0) is 18.3 Å². The second-order valence-corrected chi connectivity index (χ2v) is 8.31. The fourth-order valence-electron chi connectivity index (χ4n) is 3.64. The number of amides is 1. The topological polar surface area (TPSA) is 81.3 Å². The summed E-state index contributed by atoms with van der Waals surface area (Å²) < 4.78 is 3.13. The minimum absolute atomic E-state index is 0.138. The van der Waals surface area contributed by atoms with E-state index in [0.29, 0.717) is 28.6 Å². The van der Waals surface area contributed by atoms with Crippen LogP contribution in [0.15, 0.2) is 47.3 Å². The SMILES string of the molecule is Cc1cccc(NC(=O)CCc2c(C)n(C)c3nc(-c4ccc(Cl)cc4)nn3c2=O)c1C. The minimum Gasteiger partial charge on any atom is -0.326 e. The first-order chi connectivity index (χ1) is 15.3. The van der Waals surface area contributed by atoms with Gasteiger partial charge in [0.05, 0.1) is 0 Å². The van der Waals surface area contributed by atoms with E-state index in [2.05, 4.69) is 15.4 Å². The number of benzene rings is 2. The van der Waals surface area contributed by atoms with Crippen LogP contribution in [0.3, 0.4) is 0 Å². The van der Waals surface area contributed by atoms with Gasteiger partial charge in [-0.15, -0.1) is 5.10 Å². The molecule has 0 atom stereocenters. The van der Waals surface area contributed by atoms with Gasteiger partial charge in [-0.05, 0) is 68.7 Å². The zero-order valence-electron chi connectivity index (χ0n) is 18.4. The normalized spacial score (nSPS) is 11.2. The number of aryl methyl sites for hydroxylation is 2. The predicted octanol–water partition coefficient (Wildman–Crippen LogP) is 4.24. The summed E-state index contributed by atoms with van der Waals surface area (Å²) in [7, 11) is 1.84. The van der Waals surface area contributed by atoms with E-state index >= 15 is 0 Å². The number of carbonyl (C=O) groups excluding carboxylic acids is 1. The summed E-state index contributed by atoms with van der Waals surface area (Å²) in [6, 6.07) is 12.9. The predicted molar refractivity (Wildman–Crippen MR) is 126 cm³/mol. The fourth-order valence-corrected chi connectivity index (χ4v) is 3.77. The Balaban J connectivity index is 1.61. The summed E-state index contributed by atoms with van der Waals surface area (Å²) in [5, 5.41) is 7.98. The van der Waals surface area contributed by atoms with Crippen LogP contribution in [-0.4, -0.2) is 25.1 Å². The van der Waals surface area contributed by atoms with Crippen LogP contribution in [0.4, 0.5) is 5.69 Å². The molecule has 1 N–H and O–H groups in total. The lowest BCUT2D eigenvalue weighted by Gasteiger charge is -2.12. The van der Waals surface area contributed by atoms with E-state index in [1.54, 1.807) is 12.1 Å². The Bertz CT molecular complexity index is 1390. The molecular weight excluding hydrogens is 426 g/mol. The Hall–Kier alpha value is -3.45. The van der Waals surface area contributed by atoms with Crippen molar-refractivity contribution in [1.29, 1.82) is 0 Å². The van der Waals surface area contributed by atoms with Crippen LogP contribution in [0.2, 0.25) is 5.02 Å². The van der Waals surface area contributed by atoms with E-state index in [1.807, 2.05) is 62.7 Å². The van der Waals surface area contributed by atoms with Gasteiger partial charge >= 0.3 is 0 Å². The zero-order chi connectivity index (χ0) is 23.0. The lowest BCUT2D eigenvalue weighted by Crippen LogP contribution is -2.26. The maximum atomic E-state index is 13.2. The molecule has 0 spiro atoms. The second kappa shape index (κ2) is 8.59. The van der Waals surface area contributed by atoms with Crippen LogP contribution >= 0.6 is 11.6 Å². The number of hydrogen-bond acceptors (Lipinski definition) is 4. The Morgan fingerprint density at radius 3 is 2.53 bits per heavy atom. The van der Waals surface area contributed by atoms with E-state index in [1.165, 1.54) is 4.52 Å². The third-order valence-corrected chi connectivity index (χ3v) is 6.12. The summed E-state index contributed by atoms with van der Waals surface area (Å²) >= 11 is 5.96. The number of hydrogen-bond donors (Lipinski definition) is 1. The molecule has 0 aliphatic heterocycles. The molecule has 8 heteroatoms. The molecule has 0 bridgehead atoms. The first kappa shape index (κ1) is 21.8. The smallest absolute Gasteiger partial charge is 0.279 e. The van der Waals surface area contributed by atoms with Gasteiger partial charge in [-0.25, -0.2) is 0 Å². The monoisotopic (exact) mass is 449 g/mol. The third-order valence-electron chi connectivity index (χ3n) is 5.86. The summed E-state index contributed by atoms with van der Waals surface area (Å²) in [6.45, 7) is 5.83. The standard InChI is InChI=1S/C24H24ClN5O2/c1-14-6-5-7-20(15(14)2)26-21(31)13-12-19-16(3)29(4)24-27-22(28-30(24)23(19)32)17-8-10-18(25)11-9-17/h5-11H,12-13H2,1-4H3,(H,26,31). The van der Waals surface area contributed by atoms with Crippen molar-refractivity contribution in [3.05, 3.63) is 80.2 Å². The fraction of sp³-hybridized carbons (Fsp3) is 0.250. The molecule has 0 unspecified atom stereocenters. The molecule has 4 rings (SSSR count). The molecule has 0 aliphatic rings. The van der Waals surface area contributed by atoms with E-state index in [0.717, 1.165) is 28.1 Å². The number of anilines is 1. The van der Waals surface area contributed by atoms with E-state index in [4.69, 9.17) is 11.6 Å². The van der Waals surface area contributed by atoms with Gasteiger partial charge in [-0.3, -0.25) is 9.59 Å². The molecular formula is C24H24ClN5O2. The van der Waals surface area contributed by atoms with Gasteiger partial charge in [0.2, 0.25) is 11.7 Å². The van der Waals surface area contributed by atoms with Crippen LogP contribution < -0.4 is 10.9 Å². The van der Waals surface area contributed by atoms with E-state index in [-0.39, 0.29) is 17.9 Å². The molecule has 2 heterocycles. The zero-order valence-corrected chi connectivity index (χ0v) is 19.2. The Labute approximate surface area is 190 Å².